The van der Waals surface area contributed by atoms with E-state index in [1.807, 2.05) is 49.1 Å². The van der Waals surface area contributed by atoms with Gasteiger partial charge in [0.05, 0.1) is 12.5 Å². The standard InChI is InChI=1S/C15H17N5/c1-11-14(17)18-12(2)19-15(11)20(10-6-9-16)13-7-4-3-5-8-13/h3-5,7-8H,6,10H2,1-2H3,(H2,17,18,19). The summed E-state index contributed by atoms with van der Waals surface area (Å²) in [5.74, 6) is 1.86. The highest BCUT2D eigenvalue weighted by Gasteiger charge is 2.15. The van der Waals surface area contributed by atoms with Crippen LogP contribution in [0.25, 0.3) is 0 Å². The zero-order chi connectivity index (χ0) is 14.5. The molecule has 0 aliphatic carbocycles. The van der Waals surface area contributed by atoms with E-state index < -0.39 is 0 Å². The van der Waals surface area contributed by atoms with Gasteiger partial charge in [-0.3, -0.25) is 0 Å². The molecule has 0 aliphatic rings. The number of rotatable bonds is 4. The van der Waals surface area contributed by atoms with Gasteiger partial charge in [0.15, 0.2) is 0 Å². The zero-order valence-corrected chi connectivity index (χ0v) is 11.7. The molecule has 0 bridgehead atoms. The lowest BCUT2D eigenvalue weighted by Gasteiger charge is -2.25. The molecule has 0 saturated heterocycles. The summed E-state index contributed by atoms with van der Waals surface area (Å²) in [6.07, 6.45) is 0.414. The molecule has 0 radical (unpaired) electrons. The van der Waals surface area contributed by atoms with Crippen LogP contribution in [0, 0.1) is 25.2 Å². The van der Waals surface area contributed by atoms with Crippen molar-refractivity contribution in [2.45, 2.75) is 20.3 Å². The Labute approximate surface area is 118 Å². The SMILES string of the molecule is Cc1nc(N)c(C)c(N(CCC#N)c2ccccc2)n1. The van der Waals surface area contributed by atoms with E-state index in [1.165, 1.54) is 0 Å². The van der Waals surface area contributed by atoms with Crippen molar-refractivity contribution >= 4 is 17.3 Å². The Hall–Kier alpha value is -2.61. The average molecular weight is 267 g/mol. The molecule has 1 heterocycles. The van der Waals surface area contributed by atoms with E-state index >= 15 is 0 Å². The van der Waals surface area contributed by atoms with Crippen molar-refractivity contribution in [1.29, 1.82) is 5.26 Å². The maximum atomic E-state index is 8.85. The van der Waals surface area contributed by atoms with Gasteiger partial charge >= 0.3 is 0 Å². The smallest absolute Gasteiger partial charge is 0.141 e. The summed E-state index contributed by atoms with van der Waals surface area (Å²) in [5, 5.41) is 8.85. The Morgan fingerprint density at radius 2 is 1.90 bits per heavy atom. The molecule has 0 aliphatic heterocycles. The third-order valence-electron chi connectivity index (χ3n) is 3.04. The second-order valence-electron chi connectivity index (χ2n) is 4.50. The second-order valence-corrected chi connectivity index (χ2v) is 4.50. The molecule has 1 aromatic carbocycles. The molecule has 2 rings (SSSR count). The molecule has 20 heavy (non-hydrogen) atoms. The number of nitrogens with zero attached hydrogens (tertiary/aromatic N) is 4. The molecule has 0 amide bonds. The Bertz CT molecular complexity index is 631. The van der Waals surface area contributed by atoms with Gasteiger partial charge in [0, 0.05) is 17.8 Å². The van der Waals surface area contributed by atoms with Crippen LogP contribution in [0.4, 0.5) is 17.3 Å². The second kappa shape index (κ2) is 6.02. The first-order valence-corrected chi connectivity index (χ1v) is 6.43. The molecular formula is C15H17N5. The van der Waals surface area contributed by atoms with Crippen molar-refractivity contribution in [3.63, 3.8) is 0 Å². The molecule has 1 aromatic heterocycles. The quantitative estimate of drug-likeness (QED) is 0.921. The van der Waals surface area contributed by atoms with Crippen molar-refractivity contribution in [3.8, 4) is 6.07 Å². The van der Waals surface area contributed by atoms with E-state index in [0.29, 0.717) is 24.6 Å². The molecule has 2 aromatic rings. The van der Waals surface area contributed by atoms with Gasteiger partial charge in [0.1, 0.15) is 17.5 Å². The molecule has 5 heteroatoms. The maximum Gasteiger partial charge on any atom is 0.141 e. The van der Waals surface area contributed by atoms with Crippen LogP contribution in [0.15, 0.2) is 30.3 Å². The largest absolute Gasteiger partial charge is 0.383 e. The number of aromatic nitrogens is 2. The highest BCUT2D eigenvalue weighted by molar-refractivity contribution is 5.66. The molecule has 5 nitrogen and oxygen atoms in total. The van der Waals surface area contributed by atoms with Crippen LogP contribution >= 0.6 is 0 Å². The van der Waals surface area contributed by atoms with Crippen molar-refractivity contribution in [2.75, 3.05) is 17.2 Å². The number of benzene rings is 1. The van der Waals surface area contributed by atoms with E-state index in [9.17, 15) is 0 Å². The first-order valence-electron chi connectivity index (χ1n) is 6.43. The van der Waals surface area contributed by atoms with Gasteiger partial charge in [0.25, 0.3) is 0 Å². The Morgan fingerprint density at radius 3 is 2.55 bits per heavy atom. The first-order chi connectivity index (χ1) is 9.63. The van der Waals surface area contributed by atoms with E-state index in [1.54, 1.807) is 0 Å². The highest BCUT2D eigenvalue weighted by atomic mass is 15.2. The van der Waals surface area contributed by atoms with Crippen LogP contribution in [-0.4, -0.2) is 16.5 Å². The number of anilines is 3. The van der Waals surface area contributed by atoms with Gasteiger partial charge in [0.2, 0.25) is 0 Å². The van der Waals surface area contributed by atoms with Crippen molar-refractivity contribution in [3.05, 3.63) is 41.7 Å². The molecule has 0 unspecified atom stereocenters. The summed E-state index contributed by atoms with van der Waals surface area (Å²) >= 11 is 0. The maximum absolute atomic E-state index is 8.85. The van der Waals surface area contributed by atoms with Gasteiger partial charge in [-0.25, -0.2) is 9.97 Å². The van der Waals surface area contributed by atoms with Gasteiger partial charge in [-0.05, 0) is 26.0 Å². The number of nitrogens with two attached hydrogens (primary N) is 1. The highest BCUT2D eigenvalue weighted by Crippen LogP contribution is 2.28. The Kier molecular flexibility index (Phi) is 4.16. The number of para-hydroxylation sites is 1. The Balaban J connectivity index is 2.50. The lowest BCUT2D eigenvalue weighted by atomic mass is 10.2. The number of nitriles is 1. The van der Waals surface area contributed by atoms with Crippen LogP contribution in [0.5, 0.6) is 0 Å². The number of hydrogen-bond acceptors (Lipinski definition) is 5. The van der Waals surface area contributed by atoms with E-state index in [0.717, 1.165) is 17.1 Å². The minimum atomic E-state index is 0.414. The molecule has 102 valence electrons. The monoisotopic (exact) mass is 267 g/mol. The molecule has 0 saturated carbocycles. The third kappa shape index (κ3) is 2.86. The van der Waals surface area contributed by atoms with Gasteiger partial charge in [-0.1, -0.05) is 18.2 Å². The summed E-state index contributed by atoms with van der Waals surface area (Å²) in [5.41, 5.74) is 7.74. The van der Waals surface area contributed by atoms with Crippen LogP contribution in [0.2, 0.25) is 0 Å². The molecule has 0 atom stereocenters. The van der Waals surface area contributed by atoms with Crippen molar-refractivity contribution in [1.82, 2.24) is 9.97 Å². The van der Waals surface area contributed by atoms with E-state index in [4.69, 9.17) is 11.0 Å². The average Bonchev–Trinajstić information content (AvgIpc) is 2.45. The van der Waals surface area contributed by atoms with Gasteiger partial charge in [-0.15, -0.1) is 0 Å². The molecular weight excluding hydrogens is 250 g/mol. The number of nitrogen functional groups attached to an aromatic ring is 1. The summed E-state index contributed by atoms with van der Waals surface area (Å²) in [7, 11) is 0. The molecule has 0 spiro atoms. The van der Waals surface area contributed by atoms with Crippen molar-refractivity contribution in [2.24, 2.45) is 0 Å². The van der Waals surface area contributed by atoms with Crippen LogP contribution in [0.3, 0.4) is 0 Å². The normalized spacial score (nSPS) is 10.1. The molecule has 0 fully saturated rings. The van der Waals surface area contributed by atoms with Crippen molar-refractivity contribution < 1.29 is 0 Å². The summed E-state index contributed by atoms with van der Waals surface area (Å²) in [4.78, 5) is 10.7. The summed E-state index contributed by atoms with van der Waals surface area (Å²) < 4.78 is 0. The van der Waals surface area contributed by atoms with Crippen LogP contribution in [0.1, 0.15) is 17.8 Å². The lowest BCUT2D eigenvalue weighted by molar-refractivity contribution is 0.900. The first kappa shape index (κ1) is 13.8. The van der Waals surface area contributed by atoms with Crippen LogP contribution < -0.4 is 10.6 Å². The van der Waals surface area contributed by atoms with E-state index in [2.05, 4.69) is 16.0 Å². The molecule has 2 N–H and O–H groups in total. The third-order valence-corrected chi connectivity index (χ3v) is 3.04. The Morgan fingerprint density at radius 1 is 1.20 bits per heavy atom. The van der Waals surface area contributed by atoms with E-state index in [-0.39, 0.29) is 0 Å². The minimum Gasteiger partial charge on any atom is -0.383 e. The fourth-order valence-corrected chi connectivity index (χ4v) is 2.02. The van der Waals surface area contributed by atoms with Gasteiger partial charge < -0.3 is 10.6 Å². The summed E-state index contributed by atoms with van der Waals surface area (Å²) in [6, 6.07) is 12.0. The number of hydrogen-bond donors (Lipinski definition) is 1. The fourth-order valence-electron chi connectivity index (χ4n) is 2.02. The predicted octanol–water partition coefficient (Wildman–Crippen LogP) is 2.73. The topological polar surface area (TPSA) is 78.8 Å². The minimum absolute atomic E-state index is 0.414. The lowest BCUT2D eigenvalue weighted by Crippen LogP contribution is -2.21. The van der Waals surface area contributed by atoms with Gasteiger partial charge in [-0.2, -0.15) is 5.26 Å². The van der Waals surface area contributed by atoms with Crippen LogP contribution in [-0.2, 0) is 0 Å². The fraction of sp³-hybridized carbons (Fsp3) is 0.267. The predicted molar refractivity (Wildman–Crippen MR) is 79.6 cm³/mol. The number of aryl methyl sites for hydroxylation is 1. The summed E-state index contributed by atoms with van der Waals surface area (Å²) in [6.45, 7) is 4.27. The zero-order valence-electron chi connectivity index (χ0n) is 11.7.